The van der Waals surface area contributed by atoms with Gasteiger partial charge in [0.05, 0.1) is 17.8 Å². The molecule has 0 aliphatic carbocycles. The third-order valence-corrected chi connectivity index (χ3v) is 5.77. The molecule has 1 aromatic heterocycles. The van der Waals surface area contributed by atoms with Crippen LogP contribution >= 0.6 is 0 Å². The number of carbonyl (C=O) groups excluding carboxylic acids is 3. The average Bonchev–Trinajstić information content (AvgIpc) is 2.94. The van der Waals surface area contributed by atoms with E-state index in [1.807, 2.05) is 43.3 Å². The Labute approximate surface area is 213 Å². The van der Waals surface area contributed by atoms with E-state index >= 15 is 0 Å². The summed E-state index contributed by atoms with van der Waals surface area (Å²) < 4.78 is 1.25. The SMILES string of the molecule is CCCn1nc(C(=O)NNC(=O)CC(NC(=O)c2ccccc2)c2ccccc2)c2ccccc2c1=O. The quantitative estimate of drug-likeness (QED) is 0.323. The lowest BCUT2D eigenvalue weighted by Crippen LogP contribution is -2.44. The van der Waals surface area contributed by atoms with E-state index in [4.69, 9.17) is 0 Å². The number of amides is 3. The van der Waals surface area contributed by atoms with Crippen molar-refractivity contribution in [3.8, 4) is 0 Å². The van der Waals surface area contributed by atoms with Crippen LogP contribution in [0.3, 0.4) is 0 Å². The first-order chi connectivity index (χ1) is 18.0. The highest BCUT2D eigenvalue weighted by atomic mass is 16.2. The molecule has 0 spiro atoms. The first kappa shape index (κ1) is 25.3. The molecule has 4 rings (SSSR count). The fraction of sp³-hybridized carbons (Fsp3) is 0.179. The number of aryl methyl sites for hydroxylation is 1. The molecule has 0 saturated heterocycles. The predicted octanol–water partition coefficient (Wildman–Crippen LogP) is 3.13. The lowest BCUT2D eigenvalue weighted by atomic mass is 10.0. The number of hydrazine groups is 1. The second-order valence-electron chi connectivity index (χ2n) is 8.43. The number of hydrogen-bond donors (Lipinski definition) is 3. The predicted molar refractivity (Wildman–Crippen MR) is 140 cm³/mol. The van der Waals surface area contributed by atoms with Crippen LogP contribution in [0.5, 0.6) is 0 Å². The van der Waals surface area contributed by atoms with Gasteiger partial charge < -0.3 is 5.32 Å². The van der Waals surface area contributed by atoms with Gasteiger partial charge in [-0.25, -0.2) is 4.68 Å². The summed E-state index contributed by atoms with van der Waals surface area (Å²) in [6, 6.07) is 23.9. The molecule has 3 amide bonds. The molecule has 1 unspecified atom stereocenters. The number of carbonyl (C=O) groups is 3. The minimum Gasteiger partial charge on any atom is -0.345 e. The number of nitrogens with one attached hydrogen (secondary N) is 3. The Hall–Kier alpha value is -4.79. The molecule has 9 heteroatoms. The Kier molecular flexibility index (Phi) is 8.05. The number of hydrogen-bond acceptors (Lipinski definition) is 5. The fourth-order valence-corrected chi connectivity index (χ4v) is 3.96. The van der Waals surface area contributed by atoms with Gasteiger partial charge in [0.25, 0.3) is 17.4 Å². The van der Waals surface area contributed by atoms with E-state index < -0.39 is 17.9 Å². The van der Waals surface area contributed by atoms with E-state index in [1.165, 1.54) is 4.68 Å². The van der Waals surface area contributed by atoms with Crippen LogP contribution in [-0.4, -0.2) is 27.5 Å². The highest BCUT2D eigenvalue weighted by molar-refractivity contribution is 6.05. The summed E-state index contributed by atoms with van der Waals surface area (Å²) in [7, 11) is 0. The zero-order valence-electron chi connectivity index (χ0n) is 20.3. The van der Waals surface area contributed by atoms with Crippen molar-refractivity contribution in [3.05, 3.63) is 112 Å². The van der Waals surface area contributed by atoms with Crippen molar-refractivity contribution >= 4 is 28.5 Å². The van der Waals surface area contributed by atoms with Gasteiger partial charge in [0.1, 0.15) is 0 Å². The van der Waals surface area contributed by atoms with Gasteiger partial charge in [-0.05, 0) is 30.2 Å². The van der Waals surface area contributed by atoms with E-state index in [0.29, 0.717) is 29.3 Å². The summed E-state index contributed by atoms with van der Waals surface area (Å²) in [5.74, 6) is -1.49. The molecule has 3 N–H and O–H groups in total. The van der Waals surface area contributed by atoms with Crippen LogP contribution in [0.2, 0.25) is 0 Å². The molecular formula is C28H27N5O4. The van der Waals surface area contributed by atoms with Gasteiger partial charge in [-0.2, -0.15) is 5.10 Å². The Morgan fingerprint density at radius 2 is 1.43 bits per heavy atom. The molecule has 0 bridgehead atoms. The summed E-state index contributed by atoms with van der Waals surface area (Å²) in [5, 5.41) is 7.89. The number of nitrogens with zero attached hydrogens (tertiary/aromatic N) is 2. The molecule has 9 nitrogen and oxygen atoms in total. The van der Waals surface area contributed by atoms with Gasteiger partial charge in [0.15, 0.2) is 5.69 Å². The molecule has 0 fully saturated rings. The number of rotatable bonds is 8. The van der Waals surface area contributed by atoms with Gasteiger partial charge in [0.2, 0.25) is 5.91 Å². The minimum absolute atomic E-state index is 0.0286. The smallest absolute Gasteiger partial charge is 0.290 e. The normalized spacial score (nSPS) is 11.5. The molecule has 188 valence electrons. The average molecular weight is 498 g/mol. The van der Waals surface area contributed by atoms with Crippen LogP contribution < -0.4 is 21.7 Å². The third kappa shape index (κ3) is 6.07. The lowest BCUT2D eigenvalue weighted by molar-refractivity contribution is -0.122. The van der Waals surface area contributed by atoms with Gasteiger partial charge in [0, 0.05) is 17.5 Å². The Morgan fingerprint density at radius 1 is 0.811 bits per heavy atom. The molecule has 0 saturated carbocycles. The largest absolute Gasteiger partial charge is 0.345 e. The maximum Gasteiger partial charge on any atom is 0.290 e. The van der Waals surface area contributed by atoms with E-state index in [0.717, 1.165) is 5.56 Å². The third-order valence-electron chi connectivity index (χ3n) is 5.77. The maximum atomic E-state index is 13.0. The summed E-state index contributed by atoms with van der Waals surface area (Å²) in [5.41, 5.74) is 5.76. The highest BCUT2D eigenvalue weighted by Crippen LogP contribution is 2.18. The molecule has 4 aromatic rings. The molecule has 1 atom stereocenters. The van der Waals surface area contributed by atoms with Crippen LogP contribution in [0.1, 0.15) is 52.2 Å². The van der Waals surface area contributed by atoms with Crippen molar-refractivity contribution in [3.63, 3.8) is 0 Å². The minimum atomic E-state index is -0.654. The Bertz CT molecular complexity index is 1470. The number of benzene rings is 3. The van der Waals surface area contributed by atoms with Crippen molar-refractivity contribution < 1.29 is 14.4 Å². The topological polar surface area (TPSA) is 122 Å². The first-order valence-corrected chi connectivity index (χ1v) is 12.0. The molecule has 37 heavy (non-hydrogen) atoms. The maximum absolute atomic E-state index is 13.0. The second-order valence-corrected chi connectivity index (χ2v) is 8.43. The Morgan fingerprint density at radius 3 is 2.11 bits per heavy atom. The standard InChI is InChI=1S/C28H27N5O4/c1-2-17-33-28(37)22-16-10-9-15-21(22)25(32-33)27(36)31-30-24(34)18-23(19-11-5-3-6-12-19)29-26(35)20-13-7-4-8-14-20/h3-16,23H,2,17-18H2,1H3,(H,29,35)(H,30,34)(H,31,36). The van der Waals surface area contributed by atoms with Crippen molar-refractivity contribution in [1.29, 1.82) is 0 Å². The molecule has 0 aliphatic heterocycles. The molecule has 0 aliphatic rings. The highest BCUT2D eigenvalue weighted by Gasteiger charge is 2.21. The number of fused-ring (bicyclic) bond motifs is 1. The first-order valence-electron chi connectivity index (χ1n) is 12.0. The second kappa shape index (κ2) is 11.8. The summed E-state index contributed by atoms with van der Waals surface area (Å²) in [6.07, 6.45) is 0.547. The summed E-state index contributed by atoms with van der Waals surface area (Å²) in [6.45, 7) is 2.26. The molecule has 1 heterocycles. The van der Waals surface area contributed by atoms with Crippen LogP contribution in [0.25, 0.3) is 10.8 Å². The lowest BCUT2D eigenvalue weighted by Gasteiger charge is -2.19. The number of aromatic nitrogens is 2. The zero-order chi connectivity index (χ0) is 26.2. The monoisotopic (exact) mass is 497 g/mol. The van der Waals surface area contributed by atoms with Gasteiger partial charge in [-0.3, -0.25) is 30.0 Å². The fourth-order valence-electron chi connectivity index (χ4n) is 3.96. The molecule has 3 aromatic carbocycles. The van der Waals surface area contributed by atoms with Crippen molar-refractivity contribution in [2.24, 2.45) is 0 Å². The van der Waals surface area contributed by atoms with E-state index in [1.54, 1.807) is 48.5 Å². The summed E-state index contributed by atoms with van der Waals surface area (Å²) >= 11 is 0. The van der Waals surface area contributed by atoms with Crippen molar-refractivity contribution in [2.45, 2.75) is 32.4 Å². The van der Waals surface area contributed by atoms with Gasteiger partial charge >= 0.3 is 0 Å². The zero-order valence-corrected chi connectivity index (χ0v) is 20.3. The van der Waals surface area contributed by atoms with Gasteiger partial charge in [-0.1, -0.05) is 73.7 Å². The van der Waals surface area contributed by atoms with Crippen LogP contribution in [-0.2, 0) is 11.3 Å². The molecule has 0 radical (unpaired) electrons. The van der Waals surface area contributed by atoms with Gasteiger partial charge in [-0.15, -0.1) is 0 Å². The Balaban J connectivity index is 1.49. The van der Waals surface area contributed by atoms with Crippen molar-refractivity contribution in [2.75, 3.05) is 0 Å². The van der Waals surface area contributed by atoms with E-state index in [9.17, 15) is 19.2 Å². The summed E-state index contributed by atoms with van der Waals surface area (Å²) in [4.78, 5) is 51.2. The van der Waals surface area contributed by atoms with Crippen LogP contribution in [0.15, 0.2) is 89.7 Å². The van der Waals surface area contributed by atoms with E-state index in [2.05, 4.69) is 21.3 Å². The van der Waals surface area contributed by atoms with Crippen molar-refractivity contribution in [1.82, 2.24) is 25.9 Å². The van der Waals surface area contributed by atoms with E-state index in [-0.39, 0.29) is 23.6 Å². The van der Waals surface area contributed by atoms with Crippen LogP contribution in [0.4, 0.5) is 0 Å². The van der Waals surface area contributed by atoms with Crippen LogP contribution in [0, 0.1) is 0 Å². The molecular weight excluding hydrogens is 470 g/mol.